The molecule has 0 atom stereocenters. The van der Waals surface area contributed by atoms with Crippen molar-refractivity contribution >= 4 is 5.96 Å². The Morgan fingerprint density at radius 2 is 2.03 bits per heavy atom. The number of guanidine groups is 1. The van der Waals surface area contributed by atoms with Crippen molar-refractivity contribution in [3.8, 4) is 11.5 Å². The highest BCUT2D eigenvalue weighted by atomic mass is 16.5. The van der Waals surface area contributed by atoms with Crippen LogP contribution in [0.25, 0.3) is 0 Å². The van der Waals surface area contributed by atoms with Gasteiger partial charge in [-0.3, -0.25) is 4.99 Å². The minimum absolute atomic E-state index is 0.622. The molecule has 0 radical (unpaired) electrons. The molecule has 0 spiro atoms. The van der Waals surface area contributed by atoms with Gasteiger partial charge in [0.05, 0.1) is 13.7 Å². The summed E-state index contributed by atoms with van der Waals surface area (Å²) in [5.41, 5.74) is 1.22. The normalized spacial score (nSPS) is 11.4. The van der Waals surface area contributed by atoms with Gasteiger partial charge in [-0.15, -0.1) is 10.2 Å². The van der Waals surface area contributed by atoms with E-state index in [9.17, 15) is 0 Å². The second-order valence-electron chi connectivity index (χ2n) is 6.50. The van der Waals surface area contributed by atoms with Gasteiger partial charge in [0.25, 0.3) is 0 Å². The molecule has 0 aliphatic rings. The zero-order valence-electron chi connectivity index (χ0n) is 18.1. The maximum absolute atomic E-state index is 5.65. The minimum Gasteiger partial charge on any atom is -0.493 e. The van der Waals surface area contributed by atoms with Crippen LogP contribution in [0.3, 0.4) is 0 Å². The lowest BCUT2D eigenvalue weighted by atomic mass is 10.1. The molecule has 1 aromatic heterocycles. The summed E-state index contributed by atoms with van der Waals surface area (Å²) in [4.78, 5) is 4.68. The number of methoxy groups -OCH3 is 1. The molecule has 0 saturated heterocycles. The second-order valence-corrected chi connectivity index (χ2v) is 6.50. The largest absolute Gasteiger partial charge is 0.493 e. The van der Waals surface area contributed by atoms with E-state index in [4.69, 9.17) is 9.47 Å². The molecule has 0 aliphatic carbocycles. The summed E-state index contributed by atoms with van der Waals surface area (Å²) < 4.78 is 13.1. The molecule has 0 bridgehead atoms. The van der Waals surface area contributed by atoms with Gasteiger partial charge in [0.15, 0.2) is 17.5 Å². The fourth-order valence-electron chi connectivity index (χ4n) is 2.99. The molecule has 29 heavy (non-hydrogen) atoms. The SMILES string of the molecule is CCNC(=NCCCc1ccc(OC)c(OCC)c1)NCCn1cnnc1CC. The molecule has 8 nitrogen and oxygen atoms in total. The van der Waals surface area contributed by atoms with Crippen molar-refractivity contribution in [1.29, 1.82) is 0 Å². The average Bonchev–Trinajstić information content (AvgIpc) is 3.19. The highest BCUT2D eigenvalue weighted by molar-refractivity contribution is 5.79. The van der Waals surface area contributed by atoms with Crippen molar-refractivity contribution in [2.75, 3.05) is 33.4 Å². The molecule has 8 heteroatoms. The molecular formula is C21H34N6O2. The van der Waals surface area contributed by atoms with E-state index >= 15 is 0 Å². The van der Waals surface area contributed by atoms with Crippen LogP contribution in [0, 0.1) is 0 Å². The number of aromatic nitrogens is 3. The van der Waals surface area contributed by atoms with Gasteiger partial charge in [0, 0.05) is 32.6 Å². The quantitative estimate of drug-likeness (QED) is 0.322. The lowest BCUT2D eigenvalue weighted by Crippen LogP contribution is -2.39. The maximum atomic E-state index is 5.65. The van der Waals surface area contributed by atoms with E-state index < -0.39 is 0 Å². The third-order valence-corrected chi connectivity index (χ3v) is 4.42. The van der Waals surface area contributed by atoms with Crippen LogP contribution in [0.1, 0.15) is 38.6 Å². The molecule has 1 heterocycles. The van der Waals surface area contributed by atoms with Gasteiger partial charge in [-0.05, 0) is 44.4 Å². The van der Waals surface area contributed by atoms with Crippen molar-refractivity contribution in [3.05, 3.63) is 35.9 Å². The summed E-state index contributed by atoms with van der Waals surface area (Å²) in [5, 5.41) is 14.7. The molecule has 160 valence electrons. The van der Waals surface area contributed by atoms with Crippen molar-refractivity contribution in [1.82, 2.24) is 25.4 Å². The molecule has 0 saturated carbocycles. The Balaban J connectivity index is 1.81. The smallest absolute Gasteiger partial charge is 0.191 e. The van der Waals surface area contributed by atoms with Crippen LogP contribution in [0.2, 0.25) is 0 Å². The van der Waals surface area contributed by atoms with Crippen LogP contribution in [0.5, 0.6) is 11.5 Å². The third kappa shape index (κ3) is 7.29. The molecule has 2 rings (SSSR count). The first-order valence-electron chi connectivity index (χ1n) is 10.4. The topological polar surface area (TPSA) is 85.6 Å². The predicted molar refractivity (Wildman–Crippen MR) is 116 cm³/mol. The Bertz CT molecular complexity index is 759. The Labute approximate surface area is 173 Å². The zero-order chi connectivity index (χ0) is 20.9. The summed E-state index contributed by atoms with van der Waals surface area (Å²) >= 11 is 0. The molecule has 0 fully saturated rings. The molecule has 1 aromatic carbocycles. The van der Waals surface area contributed by atoms with Gasteiger partial charge < -0.3 is 24.7 Å². The fraction of sp³-hybridized carbons (Fsp3) is 0.571. The number of aryl methyl sites for hydroxylation is 2. The number of ether oxygens (including phenoxy) is 2. The summed E-state index contributed by atoms with van der Waals surface area (Å²) in [6, 6.07) is 6.10. The zero-order valence-corrected chi connectivity index (χ0v) is 18.1. The Morgan fingerprint density at radius 3 is 2.76 bits per heavy atom. The number of hydrogen-bond donors (Lipinski definition) is 2. The van der Waals surface area contributed by atoms with Gasteiger partial charge in [-0.2, -0.15) is 0 Å². The molecule has 0 aliphatic heterocycles. The van der Waals surface area contributed by atoms with Crippen LogP contribution in [0.15, 0.2) is 29.5 Å². The molecule has 2 aromatic rings. The van der Waals surface area contributed by atoms with Crippen LogP contribution in [-0.4, -0.2) is 54.1 Å². The lowest BCUT2D eigenvalue weighted by molar-refractivity contribution is 0.310. The number of hydrogen-bond acceptors (Lipinski definition) is 5. The molecule has 0 amide bonds. The average molecular weight is 403 g/mol. The maximum Gasteiger partial charge on any atom is 0.191 e. The number of nitrogens with one attached hydrogen (secondary N) is 2. The van der Waals surface area contributed by atoms with Crippen molar-refractivity contribution in [3.63, 3.8) is 0 Å². The summed E-state index contributed by atoms with van der Waals surface area (Å²) in [6.45, 7) is 9.91. The summed E-state index contributed by atoms with van der Waals surface area (Å²) in [7, 11) is 1.66. The molecule has 2 N–H and O–H groups in total. The van der Waals surface area contributed by atoms with Crippen LogP contribution < -0.4 is 20.1 Å². The fourth-order valence-corrected chi connectivity index (χ4v) is 2.99. The number of nitrogens with zero attached hydrogens (tertiary/aromatic N) is 4. The van der Waals surface area contributed by atoms with Crippen LogP contribution >= 0.6 is 0 Å². The lowest BCUT2D eigenvalue weighted by Gasteiger charge is -2.12. The first-order valence-corrected chi connectivity index (χ1v) is 10.4. The second kappa shape index (κ2) is 12.6. The number of benzene rings is 1. The third-order valence-electron chi connectivity index (χ3n) is 4.42. The van der Waals surface area contributed by atoms with Gasteiger partial charge in [0.2, 0.25) is 0 Å². The highest BCUT2D eigenvalue weighted by Crippen LogP contribution is 2.28. The predicted octanol–water partition coefficient (Wildman–Crippen LogP) is 2.44. The van der Waals surface area contributed by atoms with Crippen molar-refractivity contribution < 1.29 is 9.47 Å². The van der Waals surface area contributed by atoms with E-state index in [0.29, 0.717) is 6.61 Å². The Kier molecular flexibility index (Phi) is 9.82. The van der Waals surface area contributed by atoms with Crippen molar-refractivity contribution in [2.45, 2.75) is 46.6 Å². The summed E-state index contributed by atoms with van der Waals surface area (Å²) in [5.74, 6) is 3.40. The first kappa shape index (κ1) is 22.5. The van der Waals surface area contributed by atoms with Crippen LogP contribution in [0.4, 0.5) is 0 Å². The summed E-state index contributed by atoms with van der Waals surface area (Å²) in [6.07, 6.45) is 4.55. The van der Waals surface area contributed by atoms with E-state index in [2.05, 4.69) is 56.4 Å². The van der Waals surface area contributed by atoms with Crippen molar-refractivity contribution in [2.24, 2.45) is 4.99 Å². The monoisotopic (exact) mass is 402 g/mol. The standard InChI is InChI=1S/C21H34N6O2/c1-5-20-26-25-16-27(20)14-13-24-21(22-6-2)23-12-8-9-17-10-11-18(28-4)19(15-17)29-7-3/h10-11,15-16H,5-9,12-14H2,1-4H3,(H2,22,23,24). The van der Waals surface area contributed by atoms with Gasteiger partial charge in [-0.25, -0.2) is 0 Å². The van der Waals surface area contributed by atoms with E-state index in [1.54, 1.807) is 13.4 Å². The van der Waals surface area contributed by atoms with E-state index in [0.717, 1.165) is 68.7 Å². The highest BCUT2D eigenvalue weighted by Gasteiger charge is 2.06. The van der Waals surface area contributed by atoms with E-state index in [1.807, 2.05) is 13.0 Å². The van der Waals surface area contributed by atoms with Gasteiger partial charge >= 0.3 is 0 Å². The Morgan fingerprint density at radius 1 is 1.17 bits per heavy atom. The number of rotatable bonds is 12. The van der Waals surface area contributed by atoms with E-state index in [1.165, 1.54) is 5.56 Å². The minimum atomic E-state index is 0.622. The van der Waals surface area contributed by atoms with Gasteiger partial charge in [0.1, 0.15) is 12.2 Å². The number of aliphatic imine (C=N–C) groups is 1. The van der Waals surface area contributed by atoms with Crippen LogP contribution in [-0.2, 0) is 19.4 Å². The first-order chi connectivity index (χ1) is 14.2. The van der Waals surface area contributed by atoms with E-state index in [-0.39, 0.29) is 0 Å². The Hall–Kier alpha value is -2.77. The van der Waals surface area contributed by atoms with Gasteiger partial charge in [-0.1, -0.05) is 13.0 Å². The molecule has 0 unspecified atom stereocenters. The molecular weight excluding hydrogens is 368 g/mol.